The molecule has 1 aromatic carbocycles. The van der Waals surface area contributed by atoms with Crippen molar-refractivity contribution in [1.82, 2.24) is 39.3 Å². The van der Waals surface area contributed by atoms with E-state index in [0.29, 0.717) is 24.2 Å². The number of aryl methyl sites for hydroxylation is 1. The lowest BCUT2D eigenvalue weighted by atomic mass is 10.2. The normalized spacial score (nSPS) is 11.2. The van der Waals surface area contributed by atoms with Gasteiger partial charge in [0.25, 0.3) is 5.56 Å². The molecule has 0 fully saturated rings. The first-order valence-corrected chi connectivity index (χ1v) is 11.2. The zero-order chi connectivity index (χ0) is 24.4. The molecular formula is C25H25N9O. The van der Waals surface area contributed by atoms with Crippen LogP contribution in [-0.4, -0.2) is 39.3 Å². The van der Waals surface area contributed by atoms with E-state index >= 15 is 0 Å². The number of nitrogens with zero attached hydrogens (tertiary/aromatic N) is 8. The van der Waals surface area contributed by atoms with Crippen molar-refractivity contribution in [1.29, 1.82) is 0 Å². The Morgan fingerprint density at radius 1 is 0.914 bits per heavy atom. The molecule has 0 saturated heterocycles. The highest BCUT2D eigenvalue weighted by Gasteiger charge is 2.08. The fourth-order valence-electron chi connectivity index (χ4n) is 3.63. The van der Waals surface area contributed by atoms with Crippen LogP contribution in [0.25, 0.3) is 22.4 Å². The minimum absolute atomic E-state index is 0.171. The molecule has 0 radical (unpaired) electrons. The van der Waals surface area contributed by atoms with Crippen LogP contribution in [0.5, 0.6) is 0 Å². The van der Waals surface area contributed by atoms with Gasteiger partial charge in [0.2, 0.25) is 5.95 Å². The topological polar surface area (TPSA) is 108 Å². The predicted molar refractivity (Wildman–Crippen MR) is 133 cm³/mol. The second kappa shape index (κ2) is 9.34. The van der Waals surface area contributed by atoms with Crippen LogP contribution in [0.15, 0.2) is 78.4 Å². The molecule has 0 aliphatic heterocycles. The quantitative estimate of drug-likeness (QED) is 0.389. The number of benzene rings is 1. The van der Waals surface area contributed by atoms with Crippen molar-refractivity contribution in [3.05, 3.63) is 89.5 Å². The maximum atomic E-state index is 12.4. The molecule has 0 amide bonds. The van der Waals surface area contributed by atoms with Crippen molar-refractivity contribution in [2.45, 2.75) is 26.4 Å². The van der Waals surface area contributed by atoms with Gasteiger partial charge in [-0.05, 0) is 37.6 Å². The van der Waals surface area contributed by atoms with Gasteiger partial charge in [-0.2, -0.15) is 15.3 Å². The zero-order valence-electron chi connectivity index (χ0n) is 19.7. The van der Waals surface area contributed by atoms with E-state index in [2.05, 4.69) is 44.4 Å². The fraction of sp³-hybridized carbons (Fsp3) is 0.200. The summed E-state index contributed by atoms with van der Waals surface area (Å²) in [5.41, 5.74) is 4.99. The molecule has 0 aliphatic carbocycles. The zero-order valence-corrected chi connectivity index (χ0v) is 19.7. The minimum atomic E-state index is -0.171. The van der Waals surface area contributed by atoms with Gasteiger partial charge < -0.3 is 5.32 Å². The highest BCUT2D eigenvalue weighted by molar-refractivity contribution is 5.61. The van der Waals surface area contributed by atoms with Crippen molar-refractivity contribution in [3.63, 3.8) is 0 Å². The lowest BCUT2D eigenvalue weighted by Crippen LogP contribution is -2.22. The second-order valence-corrected chi connectivity index (χ2v) is 8.54. The summed E-state index contributed by atoms with van der Waals surface area (Å²) in [6.07, 6.45) is 10.9. The van der Waals surface area contributed by atoms with E-state index in [4.69, 9.17) is 0 Å². The molecule has 35 heavy (non-hydrogen) atoms. The van der Waals surface area contributed by atoms with Gasteiger partial charge in [0.05, 0.1) is 24.6 Å². The molecular weight excluding hydrogens is 442 g/mol. The molecule has 0 spiro atoms. The van der Waals surface area contributed by atoms with Crippen LogP contribution in [-0.2, 0) is 13.6 Å². The van der Waals surface area contributed by atoms with Gasteiger partial charge in [-0.15, -0.1) is 0 Å². The van der Waals surface area contributed by atoms with Crippen LogP contribution in [0.4, 0.5) is 11.6 Å². The number of hydrogen-bond donors (Lipinski definition) is 1. The van der Waals surface area contributed by atoms with Crippen molar-refractivity contribution >= 4 is 11.6 Å². The van der Waals surface area contributed by atoms with Crippen LogP contribution >= 0.6 is 0 Å². The lowest BCUT2D eigenvalue weighted by Gasteiger charge is -2.09. The summed E-state index contributed by atoms with van der Waals surface area (Å²) < 4.78 is 5.05. The molecule has 10 nitrogen and oxygen atoms in total. The highest BCUT2D eigenvalue weighted by Crippen LogP contribution is 2.21. The van der Waals surface area contributed by atoms with Gasteiger partial charge in [0.15, 0.2) is 0 Å². The lowest BCUT2D eigenvalue weighted by molar-refractivity contribution is 0.532. The number of anilines is 2. The summed E-state index contributed by atoms with van der Waals surface area (Å²) in [4.78, 5) is 21.3. The summed E-state index contributed by atoms with van der Waals surface area (Å²) in [5, 5.41) is 16.3. The molecule has 0 bridgehead atoms. The van der Waals surface area contributed by atoms with Crippen LogP contribution in [0.1, 0.15) is 25.5 Å². The second-order valence-electron chi connectivity index (χ2n) is 8.54. The smallest absolute Gasteiger partial charge is 0.267 e. The summed E-state index contributed by atoms with van der Waals surface area (Å²) in [7, 11) is 1.84. The monoisotopic (exact) mass is 467 g/mol. The molecule has 1 N–H and O–H groups in total. The maximum absolute atomic E-state index is 12.4. The van der Waals surface area contributed by atoms with Gasteiger partial charge in [0.1, 0.15) is 0 Å². The van der Waals surface area contributed by atoms with Crippen molar-refractivity contribution < 1.29 is 0 Å². The van der Waals surface area contributed by atoms with Crippen LogP contribution in [0.2, 0.25) is 0 Å². The fourth-order valence-corrected chi connectivity index (χ4v) is 3.63. The first-order valence-electron chi connectivity index (χ1n) is 11.2. The van der Waals surface area contributed by atoms with E-state index in [1.807, 2.05) is 54.6 Å². The summed E-state index contributed by atoms with van der Waals surface area (Å²) in [5.74, 6) is 0.482. The Kier molecular flexibility index (Phi) is 5.92. The number of hydrogen-bond acceptors (Lipinski definition) is 7. The van der Waals surface area contributed by atoms with Crippen LogP contribution < -0.4 is 10.9 Å². The number of nitrogens with one attached hydrogen (secondary N) is 1. The first-order chi connectivity index (χ1) is 16.9. The van der Waals surface area contributed by atoms with Crippen molar-refractivity contribution in [2.75, 3.05) is 5.32 Å². The Bertz CT molecular complexity index is 1510. The number of rotatable bonds is 7. The van der Waals surface area contributed by atoms with Gasteiger partial charge in [-0.3, -0.25) is 14.2 Å². The van der Waals surface area contributed by atoms with Gasteiger partial charge in [0, 0.05) is 66.3 Å². The van der Waals surface area contributed by atoms with Crippen molar-refractivity contribution in [3.8, 4) is 22.4 Å². The molecule has 0 atom stereocenters. The van der Waals surface area contributed by atoms with E-state index in [9.17, 15) is 4.79 Å². The van der Waals surface area contributed by atoms with E-state index < -0.39 is 0 Å². The molecule has 0 saturated carbocycles. The molecule has 0 unspecified atom stereocenters. The molecule has 5 rings (SSSR count). The molecule has 5 aromatic rings. The SMILES string of the molecule is CC(C)n1cc(-c2cnc(Nc3cccc(Cn4nc(-c5cnn(C)c5)ccc4=O)c3)nc2)cn1. The Morgan fingerprint density at radius 2 is 1.71 bits per heavy atom. The molecule has 10 heteroatoms. The average Bonchev–Trinajstić information content (AvgIpc) is 3.51. The van der Waals surface area contributed by atoms with E-state index in [1.165, 1.54) is 10.7 Å². The average molecular weight is 468 g/mol. The Hall–Kier alpha value is -4.60. The standard InChI is InChI=1S/C25H25N9O/c1-17(2)33-16-20(12-29-33)19-10-26-25(27-11-19)30-22-6-4-5-18(9-22)14-34-24(35)8-7-23(31-34)21-13-28-32(3)15-21/h4-13,15-17H,14H2,1-3H3,(H,26,27,30). The third-order valence-corrected chi connectivity index (χ3v) is 5.50. The molecule has 4 aromatic heterocycles. The predicted octanol–water partition coefficient (Wildman–Crippen LogP) is 3.67. The minimum Gasteiger partial charge on any atom is -0.324 e. The molecule has 4 heterocycles. The van der Waals surface area contributed by atoms with Gasteiger partial charge in [-0.1, -0.05) is 12.1 Å². The largest absolute Gasteiger partial charge is 0.324 e. The Balaban J connectivity index is 1.31. The Labute approximate surface area is 201 Å². The van der Waals surface area contributed by atoms with Crippen LogP contribution in [0.3, 0.4) is 0 Å². The Morgan fingerprint density at radius 3 is 2.43 bits per heavy atom. The van der Waals surface area contributed by atoms with E-state index in [0.717, 1.165) is 27.9 Å². The van der Waals surface area contributed by atoms with Crippen LogP contribution in [0, 0.1) is 0 Å². The summed E-state index contributed by atoms with van der Waals surface area (Å²) in [6, 6.07) is 11.3. The first kappa shape index (κ1) is 22.2. The van der Waals surface area contributed by atoms with E-state index in [-0.39, 0.29) is 5.56 Å². The van der Waals surface area contributed by atoms with Crippen molar-refractivity contribution in [2.24, 2.45) is 7.05 Å². The summed E-state index contributed by atoms with van der Waals surface area (Å²) >= 11 is 0. The van der Waals surface area contributed by atoms with Gasteiger partial charge in [-0.25, -0.2) is 14.6 Å². The third kappa shape index (κ3) is 5.01. The summed E-state index contributed by atoms with van der Waals surface area (Å²) in [6.45, 7) is 4.50. The highest BCUT2D eigenvalue weighted by atomic mass is 16.1. The maximum Gasteiger partial charge on any atom is 0.267 e. The van der Waals surface area contributed by atoms with Gasteiger partial charge >= 0.3 is 0 Å². The number of aromatic nitrogens is 8. The molecule has 0 aliphatic rings. The third-order valence-electron chi connectivity index (χ3n) is 5.50. The van der Waals surface area contributed by atoms with E-state index in [1.54, 1.807) is 29.3 Å². The molecule has 176 valence electrons.